The van der Waals surface area contributed by atoms with Gasteiger partial charge in [0, 0.05) is 45.0 Å². The molecule has 8 nitrogen and oxygen atoms in total. The SMILES string of the molecule is COc1cccc(-c2ccc(C3CN(c4nc(-c5ccncn5)cc(=O)n4C)CCN3)cc2)c1. The van der Waals surface area contributed by atoms with Gasteiger partial charge in [-0.05, 0) is 34.9 Å². The number of benzene rings is 2. The average Bonchev–Trinajstić information content (AvgIpc) is 2.91. The molecule has 1 aliphatic heterocycles. The lowest BCUT2D eigenvalue weighted by atomic mass is 9.99. The molecule has 5 rings (SSSR count). The standard InChI is InChI=1S/C26H26N6O2/c1-31-25(33)15-23(22-10-11-27-17-29-22)30-26(31)32-13-12-28-24(16-32)19-8-6-18(7-9-19)20-4-3-5-21(14-20)34-2/h3-11,14-15,17,24,28H,12-13,16H2,1-2H3. The Labute approximate surface area is 197 Å². The summed E-state index contributed by atoms with van der Waals surface area (Å²) in [4.78, 5) is 27.8. The minimum atomic E-state index is -0.115. The molecule has 4 aromatic rings. The third-order valence-corrected chi connectivity index (χ3v) is 6.13. The number of hydrogen-bond donors (Lipinski definition) is 1. The van der Waals surface area contributed by atoms with Crippen molar-refractivity contribution in [1.82, 2.24) is 24.8 Å². The summed E-state index contributed by atoms with van der Waals surface area (Å²) in [5.41, 5.74) is 4.51. The van der Waals surface area contributed by atoms with E-state index in [9.17, 15) is 4.79 Å². The molecule has 0 spiro atoms. The van der Waals surface area contributed by atoms with Gasteiger partial charge in [0.05, 0.1) is 18.5 Å². The second-order valence-electron chi connectivity index (χ2n) is 8.24. The van der Waals surface area contributed by atoms with E-state index < -0.39 is 0 Å². The maximum absolute atomic E-state index is 12.7. The van der Waals surface area contributed by atoms with Crippen LogP contribution in [-0.2, 0) is 7.05 Å². The number of hydrogen-bond acceptors (Lipinski definition) is 7. The first-order valence-corrected chi connectivity index (χ1v) is 11.2. The lowest BCUT2D eigenvalue weighted by Gasteiger charge is -2.35. The largest absolute Gasteiger partial charge is 0.497 e. The molecule has 0 bridgehead atoms. The molecule has 1 N–H and O–H groups in total. The first kappa shape index (κ1) is 21.8. The van der Waals surface area contributed by atoms with Crippen molar-refractivity contribution in [2.75, 3.05) is 31.6 Å². The van der Waals surface area contributed by atoms with Gasteiger partial charge in [0.25, 0.3) is 5.56 Å². The van der Waals surface area contributed by atoms with Gasteiger partial charge in [-0.15, -0.1) is 0 Å². The molecule has 0 amide bonds. The fourth-order valence-electron chi connectivity index (χ4n) is 4.25. The molecule has 2 aromatic carbocycles. The predicted molar refractivity (Wildman–Crippen MR) is 132 cm³/mol. The summed E-state index contributed by atoms with van der Waals surface area (Å²) in [6, 6.07) is 20.0. The van der Waals surface area contributed by atoms with E-state index >= 15 is 0 Å². The molecular formula is C26H26N6O2. The first-order chi connectivity index (χ1) is 16.6. The molecule has 172 valence electrons. The highest BCUT2D eigenvalue weighted by molar-refractivity contribution is 5.65. The van der Waals surface area contributed by atoms with Crippen molar-refractivity contribution >= 4 is 5.95 Å². The van der Waals surface area contributed by atoms with Crippen LogP contribution in [0.3, 0.4) is 0 Å². The monoisotopic (exact) mass is 454 g/mol. The molecule has 1 atom stereocenters. The summed E-state index contributed by atoms with van der Waals surface area (Å²) < 4.78 is 6.95. The number of aromatic nitrogens is 4. The van der Waals surface area contributed by atoms with Crippen molar-refractivity contribution in [1.29, 1.82) is 0 Å². The minimum absolute atomic E-state index is 0.115. The molecule has 0 radical (unpaired) electrons. The second kappa shape index (κ2) is 9.44. The Morgan fingerprint density at radius 3 is 2.65 bits per heavy atom. The Morgan fingerprint density at radius 1 is 1.03 bits per heavy atom. The van der Waals surface area contributed by atoms with Crippen LogP contribution in [0.4, 0.5) is 5.95 Å². The Bertz CT molecular complexity index is 1340. The summed E-state index contributed by atoms with van der Waals surface area (Å²) >= 11 is 0. The fraction of sp³-hybridized carbons (Fsp3) is 0.231. The van der Waals surface area contributed by atoms with Crippen LogP contribution in [0.5, 0.6) is 5.75 Å². The van der Waals surface area contributed by atoms with E-state index in [2.05, 4.69) is 50.5 Å². The van der Waals surface area contributed by atoms with Crippen molar-refractivity contribution in [3.63, 3.8) is 0 Å². The predicted octanol–water partition coefficient (Wildman–Crippen LogP) is 3.06. The first-order valence-electron chi connectivity index (χ1n) is 11.2. The Kier molecular flexibility index (Phi) is 6.05. The van der Waals surface area contributed by atoms with E-state index in [0.29, 0.717) is 23.9 Å². The van der Waals surface area contributed by atoms with E-state index in [-0.39, 0.29) is 11.6 Å². The summed E-state index contributed by atoms with van der Waals surface area (Å²) in [6.07, 6.45) is 3.11. The highest BCUT2D eigenvalue weighted by Crippen LogP contribution is 2.27. The number of nitrogens with zero attached hydrogens (tertiary/aromatic N) is 5. The van der Waals surface area contributed by atoms with Crippen molar-refractivity contribution in [2.24, 2.45) is 7.05 Å². The number of methoxy groups -OCH3 is 1. The molecular weight excluding hydrogens is 428 g/mol. The van der Waals surface area contributed by atoms with Gasteiger partial charge >= 0.3 is 0 Å². The molecule has 1 fully saturated rings. The van der Waals surface area contributed by atoms with Crippen LogP contribution >= 0.6 is 0 Å². The zero-order chi connectivity index (χ0) is 23.5. The van der Waals surface area contributed by atoms with Crippen LogP contribution in [0.15, 0.2) is 78.0 Å². The van der Waals surface area contributed by atoms with Gasteiger partial charge in [-0.3, -0.25) is 9.36 Å². The van der Waals surface area contributed by atoms with Crippen LogP contribution in [0.1, 0.15) is 11.6 Å². The van der Waals surface area contributed by atoms with E-state index in [1.165, 1.54) is 18.0 Å². The summed E-state index contributed by atoms with van der Waals surface area (Å²) in [5.74, 6) is 1.48. The number of piperazine rings is 1. The molecule has 1 aliphatic rings. The molecule has 0 aliphatic carbocycles. The molecule has 2 aromatic heterocycles. The van der Waals surface area contributed by atoms with Gasteiger partial charge in [0.2, 0.25) is 5.95 Å². The third-order valence-electron chi connectivity index (χ3n) is 6.13. The molecule has 1 saturated heterocycles. The maximum atomic E-state index is 12.7. The Morgan fingerprint density at radius 2 is 1.88 bits per heavy atom. The van der Waals surface area contributed by atoms with Crippen molar-refractivity contribution in [3.8, 4) is 28.3 Å². The van der Waals surface area contributed by atoms with E-state index in [0.717, 1.165) is 30.0 Å². The zero-order valence-corrected chi connectivity index (χ0v) is 19.2. The van der Waals surface area contributed by atoms with Gasteiger partial charge < -0.3 is 15.0 Å². The molecule has 34 heavy (non-hydrogen) atoms. The van der Waals surface area contributed by atoms with Crippen LogP contribution in [0.25, 0.3) is 22.5 Å². The van der Waals surface area contributed by atoms with Crippen molar-refractivity contribution in [2.45, 2.75) is 6.04 Å². The minimum Gasteiger partial charge on any atom is -0.497 e. The maximum Gasteiger partial charge on any atom is 0.255 e. The van der Waals surface area contributed by atoms with E-state index in [4.69, 9.17) is 9.72 Å². The number of rotatable bonds is 5. The van der Waals surface area contributed by atoms with Crippen LogP contribution in [-0.4, -0.2) is 46.3 Å². The second-order valence-corrected chi connectivity index (χ2v) is 8.24. The summed E-state index contributed by atoms with van der Waals surface area (Å²) in [6.45, 7) is 2.24. The van der Waals surface area contributed by atoms with Gasteiger partial charge in [0.1, 0.15) is 12.1 Å². The lowest BCUT2D eigenvalue weighted by Crippen LogP contribution is -2.47. The van der Waals surface area contributed by atoms with E-state index in [1.54, 1.807) is 31.0 Å². The molecule has 0 saturated carbocycles. The van der Waals surface area contributed by atoms with Crippen LogP contribution < -0.4 is 20.5 Å². The number of ether oxygens (including phenoxy) is 1. The number of anilines is 1. The number of nitrogens with one attached hydrogen (secondary N) is 1. The Hall–Kier alpha value is -4.04. The highest BCUT2D eigenvalue weighted by Gasteiger charge is 2.24. The van der Waals surface area contributed by atoms with Crippen LogP contribution in [0, 0.1) is 0 Å². The van der Waals surface area contributed by atoms with Gasteiger partial charge in [-0.25, -0.2) is 15.0 Å². The van der Waals surface area contributed by atoms with Gasteiger partial charge in [-0.2, -0.15) is 0 Å². The Balaban J connectivity index is 1.39. The van der Waals surface area contributed by atoms with Crippen molar-refractivity contribution < 1.29 is 4.74 Å². The van der Waals surface area contributed by atoms with Gasteiger partial charge in [-0.1, -0.05) is 36.4 Å². The molecule has 8 heteroatoms. The average molecular weight is 455 g/mol. The van der Waals surface area contributed by atoms with Crippen LogP contribution in [0.2, 0.25) is 0 Å². The topological polar surface area (TPSA) is 85.2 Å². The molecule has 3 heterocycles. The lowest BCUT2D eigenvalue weighted by molar-refractivity contribution is 0.415. The highest BCUT2D eigenvalue weighted by atomic mass is 16.5. The van der Waals surface area contributed by atoms with E-state index in [1.807, 2.05) is 18.2 Å². The normalized spacial score (nSPS) is 15.8. The van der Waals surface area contributed by atoms with Gasteiger partial charge in [0.15, 0.2) is 0 Å². The third kappa shape index (κ3) is 4.40. The fourth-order valence-corrected chi connectivity index (χ4v) is 4.25. The summed E-state index contributed by atoms with van der Waals surface area (Å²) in [5, 5.41) is 3.60. The quantitative estimate of drug-likeness (QED) is 0.496. The summed E-state index contributed by atoms with van der Waals surface area (Å²) in [7, 11) is 3.44. The van der Waals surface area contributed by atoms with Crippen molar-refractivity contribution in [3.05, 3.63) is 89.1 Å². The zero-order valence-electron chi connectivity index (χ0n) is 19.2. The molecule has 1 unspecified atom stereocenters. The smallest absolute Gasteiger partial charge is 0.255 e.